The van der Waals surface area contributed by atoms with Crippen molar-refractivity contribution in [1.82, 2.24) is 10.6 Å². The fourth-order valence-electron chi connectivity index (χ4n) is 2.73. The van der Waals surface area contributed by atoms with Gasteiger partial charge in [-0.1, -0.05) is 36.4 Å². The number of amides is 2. The van der Waals surface area contributed by atoms with Crippen LogP contribution >= 0.6 is 11.3 Å². The van der Waals surface area contributed by atoms with Gasteiger partial charge in [0.2, 0.25) is 5.91 Å². The van der Waals surface area contributed by atoms with Crippen LogP contribution in [0.5, 0.6) is 0 Å². The van der Waals surface area contributed by atoms with E-state index in [-0.39, 0.29) is 17.9 Å². The van der Waals surface area contributed by atoms with Gasteiger partial charge >= 0.3 is 0 Å². The van der Waals surface area contributed by atoms with Crippen LogP contribution in [0.4, 0.5) is 0 Å². The Balaban J connectivity index is 1.64. The number of hydrogen-bond donors (Lipinski definition) is 3. The lowest BCUT2D eigenvalue weighted by atomic mass is 10.0. The lowest BCUT2D eigenvalue weighted by molar-refractivity contribution is -0.123. The molecule has 4 N–H and O–H groups in total. The molecule has 3 rings (SSSR count). The second-order valence-corrected chi connectivity index (χ2v) is 7.39. The molecule has 6 heteroatoms. The molecule has 2 amide bonds. The molecular formula is C19H23N3O2S. The van der Waals surface area contributed by atoms with Crippen molar-refractivity contribution in [2.24, 2.45) is 11.7 Å². The summed E-state index contributed by atoms with van der Waals surface area (Å²) in [4.78, 5) is 25.6. The summed E-state index contributed by atoms with van der Waals surface area (Å²) >= 11 is 1.36. The minimum atomic E-state index is -0.622. The van der Waals surface area contributed by atoms with E-state index in [2.05, 4.69) is 10.6 Å². The molecule has 2 aromatic rings. The summed E-state index contributed by atoms with van der Waals surface area (Å²) in [7, 11) is 0. The fourth-order valence-corrected chi connectivity index (χ4v) is 3.36. The van der Waals surface area contributed by atoms with Crippen molar-refractivity contribution in [2.45, 2.75) is 31.3 Å². The Kier molecular flexibility index (Phi) is 5.83. The number of carbonyl (C=O) groups is 2. The van der Waals surface area contributed by atoms with Gasteiger partial charge in [-0.2, -0.15) is 0 Å². The summed E-state index contributed by atoms with van der Waals surface area (Å²) in [5.41, 5.74) is 7.06. The molecule has 5 nitrogen and oxygen atoms in total. The fraction of sp³-hybridized carbons (Fsp3) is 0.368. The summed E-state index contributed by atoms with van der Waals surface area (Å²) in [6.07, 6.45) is 2.72. The van der Waals surface area contributed by atoms with E-state index in [1.165, 1.54) is 11.3 Å². The third-order valence-electron chi connectivity index (χ3n) is 4.39. The topological polar surface area (TPSA) is 84.2 Å². The highest BCUT2D eigenvalue weighted by molar-refractivity contribution is 7.12. The number of nitrogens with one attached hydrogen (secondary N) is 2. The number of hydrogen-bond acceptors (Lipinski definition) is 4. The maximum atomic E-state index is 12.6. The second-order valence-electron chi connectivity index (χ2n) is 6.44. The zero-order valence-corrected chi connectivity index (χ0v) is 14.8. The summed E-state index contributed by atoms with van der Waals surface area (Å²) in [5.74, 6) is 0.107. The zero-order chi connectivity index (χ0) is 17.6. The first kappa shape index (κ1) is 17.6. The molecule has 2 atom stereocenters. The predicted molar refractivity (Wildman–Crippen MR) is 99.4 cm³/mol. The van der Waals surface area contributed by atoms with Crippen molar-refractivity contribution in [1.29, 1.82) is 0 Å². The van der Waals surface area contributed by atoms with E-state index in [4.69, 9.17) is 5.73 Å². The Morgan fingerprint density at radius 3 is 2.56 bits per heavy atom. The van der Waals surface area contributed by atoms with Gasteiger partial charge in [0.05, 0.1) is 4.88 Å². The highest BCUT2D eigenvalue weighted by Gasteiger charge is 2.29. The van der Waals surface area contributed by atoms with E-state index in [0.29, 0.717) is 23.8 Å². The quantitative estimate of drug-likeness (QED) is 0.675. The van der Waals surface area contributed by atoms with E-state index in [1.807, 2.05) is 41.8 Å². The average molecular weight is 357 g/mol. The number of benzene rings is 1. The Morgan fingerprint density at radius 1 is 1.16 bits per heavy atom. The van der Waals surface area contributed by atoms with E-state index in [1.54, 1.807) is 6.07 Å². The second kappa shape index (κ2) is 8.27. The van der Waals surface area contributed by atoms with Crippen LogP contribution in [0, 0.1) is 5.92 Å². The smallest absolute Gasteiger partial charge is 0.262 e. The summed E-state index contributed by atoms with van der Waals surface area (Å²) in [5, 5.41) is 7.60. The van der Waals surface area contributed by atoms with Crippen molar-refractivity contribution in [3.63, 3.8) is 0 Å². The maximum absolute atomic E-state index is 12.6. The summed E-state index contributed by atoms with van der Waals surface area (Å²) in [6.45, 7) is 0.448. The van der Waals surface area contributed by atoms with Gasteiger partial charge in [0.1, 0.15) is 6.04 Å². The van der Waals surface area contributed by atoms with E-state index < -0.39 is 6.04 Å². The Bertz CT molecular complexity index is 699. The molecule has 1 aromatic carbocycles. The predicted octanol–water partition coefficient (Wildman–Crippen LogP) is 1.94. The number of rotatable bonds is 8. The molecule has 0 saturated heterocycles. The Morgan fingerprint density at radius 2 is 1.92 bits per heavy atom. The first-order valence-corrected chi connectivity index (χ1v) is 9.43. The summed E-state index contributed by atoms with van der Waals surface area (Å²) in [6, 6.07) is 12.6. The van der Waals surface area contributed by atoms with E-state index >= 15 is 0 Å². The number of nitrogens with two attached hydrogens (primary N) is 1. The molecule has 25 heavy (non-hydrogen) atoms. The maximum Gasteiger partial charge on any atom is 0.262 e. The number of carbonyl (C=O) groups excluding carboxylic acids is 2. The monoisotopic (exact) mass is 357 g/mol. The highest BCUT2D eigenvalue weighted by Crippen LogP contribution is 2.31. The van der Waals surface area contributed by atoms with Crippen LogP contribution in [0.25, 0.3) is 0 Å². The lowest BCUT2D eigenvalue weighted by Gasteiger charge is -2.20. The third kappa shape index (κ3) is 5.14. The standard InChI is InChI=1S/C19H23N3O2S/c20-15(14-8-9-14)12-21-18(23)16(11-13-5-2-1-3-6-13)22-19(24)17-7-4-10-25-17/h1-7,10,14-16H,8-9,11-12,20H2,(H,21,23)(H,22,24). The molecule has 0 aliphatic heterocycles. The van der Waals surface area contributed by atoms with Gasteiger partial charge in [-0.25, -0.2) is 0 Å². The van der Waals surface area contributed by atoms with Gasteiger partial charge in [-0.3, -0.25) is 9.59 Å². The molecule has 0 radical (unpaired) electrons. The van der Waals surface area contributed by atoms with E-state index in [0.717, 1.165) is 18.4 Å². The van der Waals surface area contributed by atoms with Crippen LogP contribution in [0.1, 0.15) is 28.1 Å². The Hall–Kier alpha value is -2.18. The van der Waals surface area contributed by atoms with Gasteiger partial charge in [0, 0.05) is 19.0 Å². The van der Waals surface area contributed by atoms with Crippen LogP contribution in [-0.2, 0) is 11.2 Å². The number of thiophene rings is 1. The molecule has 0 bridgehead atoms. The van der Waals surface area contributed by atoms with Gasteiger partial charge in [-0.05, 0) is 35.8 Å². The molecular weight excluding hydrogens is 334 g/mol. The molecule has 1 fully saturated rings. The van der Waals surface area contributed by atoms with Crippen LogP contribution < -0.4 is 16.4 Å². The minimum Gasteiger partial charge on any atom is -0.353 e. The minimum absolute atomic E-state index is 0.00526. The van der Waals surface area contributed by atoms with Crippen molar-refractivity contribution in [3.8, 4) is 0 Å². The van der Waals surface area contributed by atoms with Gasteiger partial charge < -0.3 is 16.4 Å². The van der Waals surface area contributed by atoms with Crippen molar-refractivity contribution >= 4 is 23.2 Å². The molecule has 1 aromatic heterocycles. The first-order chi connectivity index (χ1) is 12.1. The molecule has 1 heterocycles. The van der Waals surface area contributed by atoms with Gasteiger partial charge in [-0.15, -0.1) is 11.3 Å². The van der Waals surface area contributed by atoms with Crippen molar-refractivity contribution in [2.75, 3.05) is 6.54 Å². The molecule has 2 unspecified atom stereocenters. The summed E-state index contributed by atoms with van der Waals surface area (Å²) < 4.78 is 0. The Labute approximate surface area is 151 Å². The van der Waals surface area contributed by atoms with Crippen molar-refractivity contribution in [3.05, 3.63) is 58.3 Å². The van der Waals surface area contributed by atoms with Crippen LogP contribution in [-0.4, -0.2) is 30.4 Å². The SMILES string of the molecule is NC(CNC(=O)C(Cc1ccccc1)NC(=O)c1cccs1)C1CC1. The first-order valence-electron chi connectivity index (χ1n) is 8.55. The highest BCUT2D eigenvalue weighted by atomic mass is 32.1. The lowest BCUT2D eigenvalue weighted by Crippen LogP contribution is -2.50. The average Bonchev–Trinajstić information content (AvgIpc) is 3.33. The molecule has 132 valence electrons. The van der Waals surface area contributed by atoms with Crippen LogP contribution in [0.15, 0.2) is 47.8 Å². The normalized spacial score (nSPS) is 16.0. The largest absolute Gasteiger partial charge is 0.353 e. The van der Waals surface area contributed by atoms with E-state index in [9.17, 15) is 9.59 Å². The van der Waals surface area contributed by atoms with Crippen LogP contribution in [0.3, 0.4) is 0 Å². The molecule has 1 aliphatic carbocycles. The molecule has 1 aliphatic rings. The zero-order valence-electron chi connectivity index (χ0n) is 14.0. The van der Waals surface area contributed by atoms with Crippen LogP contribution in [0.2, 0.25) is 0 Å². The third-order valence-corrected chi connectivity index (χ3v) is 5.26. The van der Waals surface area contributed by atoms with Gasteiger partial charge in [0.25, 0.3) is 5.91 Å². The molecule has 0 spiro atoms. The van der Waals surface area contributed by atoms with Crippen molar-refractivity contribution < 1.29 is 9.59 Å². The molecule has 1 saturated carbocycles. The van der Waals surface area contributed by atoms with Gasteiger partial charge in [0.15, 0.2) is 0 Å².